The number of aryl methyl sites for hydroxylation is 2. The summed E-state index contributed by atoms with van der Waals surface area (Å²) in [6.07, 6.45) is 4.97. The molecule has 0 fully saturated rings. The van der Waals surface area contributed by atoms with E-state index in [1.165, 1.54) is 0 Å². The summed E-state index contributed by atoms with van der Waals surface area (Å²) in [6.45, 7) is 2.78. The minimum Gasteiger partial charge on any atom is -0.315 e. The van der Waals surface area contributed by atoms with Crippen LogP contribution in [0.2, 0.25) is 0 Å². The van der Waals surface area contributed by atoms with Crippen LogP contribution in [-0.4, -0.2) is 22.7 Å². The van der Waals surface area contributed by atoms with Crippen LogP contribution < -0.4 is 4.90 Å². The van der Waals surface area contributed by atoms with Gasteiger partial charge in [-0.25, -0.2) is 0 Å². The van der Waals surface area contributed by atoms with E-state index in [-0.39, 0.29) is 5.91 Å². The molecule has 20 heavy (non-hydrogen) atoms. The molecule has 1 aromatic carbocycles. The monoisotopic (exact) mass is 335 g/mol. The zero-order chi connectivity index (χ0) is 14.5. The van der Waals surface area contributed by atoms with E-state index in [1.54, 1.807) is 11.1 Å². The fourth-order valence-electron chi connectivity index (χ4n) is 2.12. The summed E-state index contributed by atoms with van der Waals surface area (Å²) >= 11 is 3.43. The summed E-state index contributed by atoms with van der Waals surface area (Å²) in [5.41, 5.74) is 2.04. The van der Waals surface area contributed by atoms with Gasteiger partial charge in [0, 0.05) is 42.6 Å². The normalized spacial score (nSPS) is 10.6. The molecule has 0 aliphatic rings. The Balaban J connectivity index is 1.91. The van der Waals surface area contributed by atoms with E-state index < -0.39 is 0 Å². The molecule has 5 heteroatoms. The molecule has 0 saturated heterocycles. The van der Waals surface area contributed by atoms with Gasteiger partial charge in [-0.1, -0.05) is 15.9 Å². The molecule has 2 aromatic rings. The predicted molar refractivity (Wildman–Crippen MR) is 83.8 cm³/mol. The average molecular weight is 336 g/mol. The Morgan fingerprint density at radius 1 is 1.45 bits per heavy atom. The number of amides is 1. The fourth-order valence-corrected chi connectivity index (χ4v) is 2.60. The molecule has 0 saturated carbocycles. The van der Waals surface area contributed by atoms with E-state index in [2.05, 4.69) is 21.0 Å². The summed E-state index contributed by atoms with van der Waals surface area (Å²) in [7, 11) is 1.83. The quantitative estimate of drug-likeness (QED) is 0.839. The minimum absolute atomic E-state index is 0.127. The largest absolute Gasteiger partial charge is 0.315 e. The first-order valence-electron chi connectivity index (χ1n) is 6.58. The predicted octanol–water partition coefficient (Wildman–Crippen LogP) is 3.40. The summed E-state index contributed by atoms with van der Waals surface area (Å²) in [5.74, 6) is 0.127. The Morgan fingerprint density at radius 2 is 2.25 bits per heavy atom. The number of nitrogens with zero attached hydrogens (tertiary/aromatic N) is 3. The number of aromatic nitrogens is 2. The summed E-state index contributed by atoms with van der Waals surface area (Å²) in [4.78, 5) is 13.9. The molecule has 1 heterocycles. The lowest BCUT2D eigenvalue weighted by Crippen LogP contribution is -2.26. The summed E-state index contributed by atoms with van der Waals surface area (Å²) in [6, 6.07) is 7.82. The van der Waals surface area contributed by atoms with Crippen molar-refractivity contribution in [2.45, 2.75) is 26.3 Å². The molecule has 0 atom stereocenters. The van der Waals surface area contributed by atoms with Crippen LogP contribution in [0.15, 0.2) is 41.1 Å². The van der Waals surface area contributed by atoms with Crippen molar-refractivity contribution in [3.8, 4) is 0 Å². The zero-order valence-corrected chi connectivity index (χ0v) is 13.3. The van der Waals surface area contributed by atoms with Gasteiger partial charge in [-0.15, -0.1) is 0 Å². The number of rotatable bonds is 5. The molecule has 2 rings (SSSR count). The van der Waals surface area contributed by atoms with Gasteiger partial charge in [0.05, 0.1) is 0 Å². The number of carbonyl (C=O) groups is 1. The number of carbonyl (C=O) groups excluding carboxylic acids is 1. The van der Waals surface area contributed by atoms with Gasteiger partial charge in [-0.05, 0) is 43.2 Å². The first kappa shape index (κ1) is 14.8. The molecule has 1 amide bonds. The van der Waals surface area contributed by atoms with Crippen LogP contribution >= 0.6 is 15.9 Å². The second kappa shape index (κ2) is 6.70. The lowest BCUT2D eigenvalue weighted by molar-refractivity contribution is -0.118. The third-order valence-electron chi connectivity index (χ3n) is 3.23. The molecule has 0 unspecified atom stereocenters. The average Bonchev–Trinajstić information content (AvgIpc) is 2.91. The number of benzene rings is 1. The van der Waals surface area contributed by atoms with Crippen LogP contribution in [0.3, 0.4) is 0 Å². The van der Waals surface area contributed by atoms with Crippen molar-refractivity contribution < 1.29 is 4.79 Å². The van der Waals surface area contributed by atoms with Gasteiger partial charge in [0.1, 0.15) is 0 Å². The highest BCUT2D eigenvalue weighted by atomic mass is 79.9. The van der Waals surface area contributed by atoms with Crippen LogP contribution in [0.1, 0.15) is 18.4 Å². The number of anilines is 1. The minimum atomic E-state index is 0.127. The summed E-state index contributed by atoms with van der Waals surface area (Å²) < 4.78 is 2.87. The van der Waals surface area contributed by atoms with Crippen LogP contribution in [0.4, 0.5) is 5.69 Å². The highest BCUT2D eigenvalue weighted by Crippen LogP contribution is 2.23. The molecule has 0 spiro atoms. The Kier molecular flexibility index (Phi) is 4.95. The number of halogens is 1. The molecular weight excluding hydrogens is 318 g/mol. The SMILES string of the molecule is Cc1cc(Br)ccc1N(C)C(=O)CCCn1cccn1. The van der Waals surface area contributed by atoms with Gasteiger partial charge in [0.25, 0.3) is 0 Å². The van der Waals surface area contributed by atoms with Gasteiger partial charge >= 0.3 is 0 Å². The standard InChI is InChI=1S/C15H18BrN3O/c1-12-11-13(16)6-7-14(12)18(2)15(20)5-3-9-19-10-4-8-17-19/h4,6-8,10-11H,3,5,9H2,1-2H3. The van der Waals surface area contributed by atoms with Crippen LogP contribution in [-0.2, 0) is 11.3 Å². The third kappa shape index (κ3) is 3.70. The van der Waals surface area contributed by atoms with E-state index >= 15 is 0 Å². The maximum absolute atomic E-state index is 12.2. The Hall–Kier alpha value is -1.62. The molecule has 0 aliphatic carbocycles. The molecule has 0 aliphatic heterocycles. The molecule has 0 bridgehead atoms. The lowest BCUT2D eigenvalue weighted by atomic mass is 10.1. The van der Waals surface area contributed by atoms with Crippen molar-refractivity contribution in [3.63, 3.8) is 0 Å². The van der Waals surface area contributed by atoms with E-state index in [0.717, 1.165) is 28.7 Å². The number of hydrogen-bond donors (Lipinski definition) is 0. The maximum Gasteiger partial charge on any atom is 0.226 e. The van der Waals surface area contributed by atoms with Gasteiger partial charge in [-0.3, -0.25) is 9.48 Å². The number of hydrogen-bond acceptors (Lipinski definition) is 2. The van der Waals surface area contributed by atoms with Crippen molar-refractivity contribution >= 4 is 27.5 Å². The first-order valence-corrected chi connectivity index (χ1v) is 7.37. The van der Waals surface area contributed by atoms with E-state index in [1.807, 2.05) is 49.1 Å². The maximum atomic E-state index is 12.2. The zero-order valence-electron chi connectivity index (χ0n) is 11.7. The van der Waals surface area contributed by atoms with Crippen molar-refractivity contribution in [3.05, 3.63) is 46.7 Å². The van der Waals surface area contributed by atoms with Crippen LogP contribution in [0.25, 0.3) is 0 Å². The fraction of sp³-hybridized carbons (Fsp3) is 0.333. The molecule has 4 nitrogen and oxygen atoms in total. The second-order valence-electron chi connectivity index (χ2n) is 4.76. The Morgan fingerprint density at radius 3 is 2.90 bits per heavy atom. The van der Waals surface area contributed by atoms with Gasteiger partial charge in [0.2, 0.25) is 5.91 Å². The van der Waals surface area contributed by atoms with Crippen molar-refractivity contribution in [1.29, 1.82) is 0 Å². The first-order chi connectivity index (χ1) is 9.58. The molecule has 106 valence electrons. The van der Waals surface area contributed by atoms with E-state index in [4.69, 9.17) is 0 Å². The van der Waals surface area contributed by atoms with Crippen molar-refractivity contribution in [1.82, 2.24) is 9.78 Å². The van der Waals surface area contributed by atoms with Crippen LogP contribution in [0, 0.1) is 6.92 Å². The molecule has 1 aromatic heterocycles. The topological polar surface area (TPSA) is 38.1 Å². The van der Waals surface area contributed by atoms with Gasteiger partial charge < -0.3 is 4.90 Å². The second-order valence-corrected chi connectivity index (χ2v) is 5.67. The Labute approximate surface area is 127 Å². The van der Waals surface area contributed by atoms with Gasteiger partial charge in [0.15, 0.2) is 0 Å². The van der Waals surface area contributed by atoms with Crippen molar-refractivity contribution in [2.24, 2.45) is 0 Å². The smallest absolute Gasteiger partial charge is 0.226 e. The molecule has 0 radical (unpaired) electrons. The third-order valence-corrected chi connectivity index (χ3v) is 3.72. The molecule has 0 N–H and O–H groups in total. The highest BCUT2D eigenvalue weighted by molar-refractivity contribution is 9.10. The van der Waals surface area contributed by atoms with E-state index in [9.17, 15) is 4.79 Å². The van der Waals surface area contributed by atoms with Gasteiger partial charge in [-0.2, -0.15) is 5.10 Å². The molecular formula is C15H18BrN3O. The van der Waals surface area contributed by atoms with Crippen molar-refractivity contribution in [2.75, 3.05) is 11.9 Å². The van der Waals surface area contributed by atoms with E-state index in [0.29, 0.717) is 6.42 Å². The Bertz CT molecular complexity index is 581. The van der Waals surface area contributed by atoms with Crippen LogP contribution in [0.5, 0.6) is 0 Å². The lowest BCUT2D eigenvalue weighted by Gasteiger charge is -2.19. The summed E-state index contributed by atoms with van der Waals surface area (Å²) in [5, 5.41) is 4.13. The highest BCUT2D eigenvalue weighted by Gasteiger charge is 2.12.